The fourth-order valence-corrected chi connectivity index (χ4v) is 1.31. The molecule has 0 aliphatic carbocycles. The topological polar surface area (TPSA) is 67.0 Å². The van der Waals surface area contributed by atoms with Gasteiger partial charge in [0.1, 0.15) is 11.6 Å². The van der Waals surface area contributed by atoms with Gasteiger partial charge in [-0.15, -0.1) is 0 Å². The first-order chi connectivity index (χ1) is 8.74. The Hall–Kier alpha value is -2.37. The Balaban J connectivity index is 1.73. The summed E-state index contributed by atoms with van der Waals surface area (Å²) in [4.78, 5) is 11.4. The van der Waals surface area contributed by atoms with E-state index in [4.69, 9.17) is 4.74 Å². The number of benzene rings is 1. The molecule has 1 aromatic heterocycles. The lowest BCUT2D eigenvalue weighted by Crippen LogP contribution is -2.28. The summed E-state index contributed by atoms with van der Waals surface area (Å²) >= 11 is 0. The van der Waals surface area contributed by atoms with Crippen molar-refractivity contribution in [3.63, 3.8) is 0 Å². The number of amides is 1. The van der Waals surface area contributed by atoms with Crippen molar-refractivity contribution >= 4 is 5.91 Å². The van der Waals surface area contributed by atoms with Gasteiger partial charge in [-0.05, 0) is 30.3 Å². The van der Waals surface area contributed by atoms with E-state index in [0.717, 1.165) is 5.69 Å². The van der Waals surface area contributed by atoms with Crippen molar-refractivity contribution in [2.45, 2.75) is 6.54 Å². The number of ether oxygens (including phenoxy) is 1. The summed E-state index contributed by atoms with van der Waals surface area (Å²) in [5.74, 6) is -0.145. The number of aromatic nitrogens is 2. The molecule has 94 valence electrons. The Bertz CT molecular complexity index is 497. The minimum atomic E-state index is -0.342. The molecule has 5 nitrogen and oxygen atoms in total. The number of carbonyl (C=O) groups excluding carboxylic acids is 1. The summed E-state index contributed by atoms with van der Waals surface area (Å²) in [7, 11) is 0. The molecule has 2 aromatic rings. The fourth-order valence-electron chi connectivity index (χ4n) is 1.31. The van der Waals surface area contributed by atoms with Gasteiger partial charge in [0.15, 0.2) is 6.61 Å². The Labute approximate surface area is 103 Å². The summed E-state index contributed by atoms with van der Waals surface area (Å²) < 4.78 is 17.8. The van der Waals surface area contributed by atoms with Crippen molar-refractivity contribution in [1.29, 1.82) is 0 Å². The number of H-pyrrole nitrogens is 1. The van der Waals surface area contributed by atoms with Gasteiger partial charge in [0.2, 0.25) is 0 Å². The van der Waals surface area contributed by atoms with Crippen molar-refractivity contribution in [3.8, 4) is 5.75 Å². The van der Waals surface area contributed by atoms with Gasteiger partial charge in [0.05, 0.1) is 12.2 Å². The highest BCUT2D eigenvalue weighted by molar-refractivity contribution is 5.77. The lowest BCUT2D eigenvalue weighted by atomic mass is 10.3. The smallest absolute Gasteiger partial charge is 0.258 e. The average Bonchev–Trinajstić information content (AvgIpc) is 2.89. The van der Waals surface area contributed by atoms with Gasteiger partial charge in [-0.25, -0.2) is 4.39 Å². The zero-order valence-corrected chi connectivity index (χ0v) is 9.52. The molecular weight excluding hydrogens is 237 g/mol. The molecule has 0 fully saturated rings. The molecule has 0 saturated heterocycles. The molecule has 0 aliphatic rings. The van der Waals surface area contributed by atoms with Crippen LogP contribution in [-0.2, 0) is 11.3 Å². The minimum absolute atomic E-state index is 0.111. The molecule has 6 heteroatoms. The molecule has 0 radical (unpaired) electrons. The summed E-state index contributed by atoms with van der Waals surface area (Å²) in [6.45, 7) is 0.255. The number of aromatic amines is 1. The van der Waals surface area contributed by atoms with E-state index in [2.05, 4.69) is 15.5 Å². The van der Waals surface area contributed by atoms with Crippen molar-refractivity contribution in [1.82, 2.24) is 15.5 Å². The number of rotatable bonds is 5. The Morgan fingerprint density at radius 2 is 2.11 bits per heavy atom. The highest BCUT2D eigenvalue weighted by Gasteiger charge is 2.03. The zero-order valence-electron chi connectivity index (χ0n) is 9.52. The number of hydrogen-bond donors (Lipinski definition) is 2. The molecule has 2 N–H and O–H groups in total. The van der Waals surface area contributed by atoms with E-state index in [9.17, 15) is 9.18 Å². The van der Waals surface area contributed by atoms with E-state index in [1.54, 1.807) is 12.3 Å². The second-order valence-corrected chi connectivity index (χ2v) is 3.60. The number of nitrogens with zero attached hydrogens (tertiary/aromatic N) is 1. The van der Waals surface area contributed by atoms with E-state index >= 15 is 0 Å². The van der Waals surface area contributed by atoms with Crippen LogP contribution in [0.4, 0.5) is 4.39 Å². The van der Waals surface area contributed by atoms with Gasteiger partial charge in [0.25, 0.3) is 5.91 Å². The summed E-state index contributed by atoms with van der Waals surface area (Å²) in [5.41, 5.74) is 0.810. The number of carbonyl (C=O) groups is 1. The first kappa shape index (κ1) is 12.1. The van der Waals surface area contributed by atoms with Crippen LogP contribution in [0, 0.1) is 5.82 Å². The van der Waals surface area contributed by atoms with Crippen molar-refractivity contribution in [3.05, 3.63) is 48.0 Å². The van der Waals surface area contributed by atoms with Crippen LogP contribution in [0.15, 0.2) is 36.5 Å². The number of nitrogens with one attached hydrogen (secondary N) is 2. The maximum absolute atomic E-state index is 12.6. The SMILES string of the molecule is O=C(COc1ccc(F)cc1)NCc1ccn[nH]1. The molecule has 0 unspecified atom stereocenters. The van der Waals surface area contributed by atoms with Crippen LogP contribution in [0.3, 0.4) is 0 Å². The van der Waals surface area contributed by atoms with E-state index < -0.39 is 0 Å². The third kappa shape index (κ3) is 3.58. The first-order valence-corrected chi connectivity index (χ1v) is 5.37. The maximum Gasteiger partial charge on any atom is 0.258 e. The summed E-state index contributed by atoms with van der Waals surface area (Å²) in [6, 6.07) is 7.26. The third-order valence-electron chi connectivity index (χ3n) is 2.22. The second-order valence-electron chi connectivity index (χ2n) is 3.60. The second kappa shape index (κ2) is 5.81. The summed E-state index contributed by atoms with van der Waals surface area (Å²) in [5, 5.41) is 9.14. The van der Waals surface area contributed by atoms with Crippen molar-refractivity contribution in [2.24, 2.45) is 0 Å². The van der Waals surface area contributed by atoms with Gasteiger partial charge in [-0.2, -0.15) is 5.10 Å². The fraction of sp³-hybridized carbons (Fsp3) is 0.167. The standard InChI is InChI=1S/C12H12FN3O2/c13-9-1-3-11(4-2-9)18-8-12(17)14-7-10-5-6-15-16-10/h1-6H,7-8H2,(H,14,17)(H,15,16). The largest absolute Gasteiger partial charge is 0.484 e. The Morgan fingerprint density at radius 1 is 1.33 bits per heavy atom. The van der Waals surface area contributed by atoms with Crippen molar-refractivity contribution < 1.29 is 13.9 Å². The molecule has 0 saturated carbocycles. The molecular formula is C12H12FN3O2. The molecule has 1 heterocycles. The van der Waals surface area contributed by atoms with Gasteiger partial charge < -0.3 is 10.1 Å². The molecule has 0 aliphatic heterocycles. The van der Waals surface area contributed by atoms with Crippen LogP contribution in [0.2, 0.25) is 0 Å². The van der Waals surface area contributed by atoms with E-state index in [-0.39, 0.29) is 18.3 Å². The average molecular weight is 249 g/mol. The van der Waals surface area contributed by atoms with Crippen LogP contribution >= 0.6 is 0 Å². The minimum Gasteiger partial charge on any atom is -0.484 e. The van der Waals surface area contributed by atoms with Crippen LogP contribution in [-0.4, -0.2) is 22.7 Å². The number of hydrogen-bond acceptors (Lipinski definition) is 3. The highest BCUT2D eigenvalue weighted by atomic mass is 19.1. The van der Waals surface area contributed by atoms with E-state index in [0.29, 0.717) is 12.3 Å². The van der Waals surface area contributed by atoms with E-state index in [1.807, 2.05) is 0 Å². The Morgan fingerprint density at radius 3 is 2.78 bits per heavy atom. The number of halogens is 1. The molecule has 2 rings (SSSR count). The highest BCUT2D eigenvalue weighted by Crippen LogP contribution is 2.10. The van der Waals surface area contributed by atoms with Crippen molar-refractivity contribution in [2.75, 3.05) is 6.61 Å². The van der Waals surface area contributed by atoms with Crippen LogP contribution in [0.1, 0.15) is 5.69 Å². The lowest BCUT2D eigenvalue weighted by molar-refractivity contribution is -0.123. The van der Waals surface area contributed by atoms with E-state index in [1.165, 1.54) is 24.3 Å². The molecule has 0 atom stereocenters. The molecule has 1 amide bonds. The van der Waals surface area contributed by atoms with Gasteiger partial charge in [0, 0.05) is 6.20 Å². The quantitative estimate of drug-likeness (QED) is 0.837. The molecule has 0 spiro atoms. The first-order valence-electron chi connectivity index (χ1n) is 5.37. The predicted molar refractivity (Wildman–Crippen MR) is 62.3 cm³/mol. The third-order valence-corrected chi connectivity index (χ3v) is 2.22. The molecule has 0 bridgehead atoms. The lowest BCUT2D eigenvalue weighted by Gasteiger charge is -2.06. The van der Waals surface area contributed by atoms with Gasteiger partial charge in [-0.3, -0.25) is 9.89 Å². The normalized spacial score (nSPS) is 10.1. The predicted octanol–water partition coefficient (Wildman–Crippen LogP) is 1.24. The van der Waals surface area contributed by atoms with Crippen LogP contribution in [0.5, 0.6) is 5.75 Å². The summed E-state index contributed by atoms with van der Waals surface area (Å²) in [6.07, 6.45) is 1.61. The van der Waals surface area contributed by atoms with Crippen LogP contribution in [0.25, 0.3) is 0 Å². The maximum atomic E-state index is 12.6. The molecule has 18 heavy (non-hydrogen) atoms. The molecule has 1 aromatic carbocycles. The van der Waals surface area contributed by atoms with Crippen LogP contribution < -0.4 is 10.1 Å². The zero-order chi connectivity index (χ0) is 12.8. The van der Waals surface area contributed by atoms with Gasteiger partial charge >= 0.3 is 0 Å². The monoisotopic (exact) mass is 249 g/mol. The van der Waals surface area contributed by atoms with Gasteiger partial charge in [-0.1, -0.05) is 0 Å². The Kier molecular flexibility index (Phi) is 3.90.